The van der Waals surface area contributed by atoms with Crippen molar-refractivity contribution in [3.63, 3.8) is 0 Å². The predicted molar refractivity (Wildman–Crippen MR) is 138 cm³/mol. The molecule has 0 saturated carbocycles. The highest BCUT2D eigenvalue weighted by molar-refractivity contribution is 6.23. The lowest BCUT2D eigenvalue weighted by Gasteiger charge is -2.38. The van der Waals surface area contributed by atoms with Crippen LogP contribution in [0.25, 0.3) is 16.6 Å². The maximum Gasteiger partial charge on any atom is 0.266 e. The normalized spacial score (nSPS) is 27.7. The van der Waals surface area contributed by atoms with Gasteiger partial charge in [-0.05, 0) is 56.1 Å². The molecule has 3 fully saturated rings. The molecule has 0 bridgehead atoms. The second-order valence-corrected chi connectivity index (χ2v) is 10.6. The van der Waals surface area contributed by atoms with E-state index in [0.29, 0.717) is 22.4 Å². The Bertz CT molecular complexity index is 1740. The van der Waals surface area contributed by atoms with E-state index >= 15 is 0 Å². The molecule has 4 aliphatic heterocycles. The van der Waals surface area contributed by atoms with Gasteiger partial charge < -0.3 is 0 Å². The molecule has 8 rings (SSSR count). The Kier molecular flexibility index (Phi) is 3.99. The zero-order chi connectivity index (χ0) is 25.1. The zero-order valence-electron chi connectivity index (χ0n) is 20.3. The highest BCUT2D eigenvalue weighted by atomic mass is 16.2. The van der Waals surface area contributed by atoms with Gasteiger partial charge in [-0.15, -0.1) is 0 Å². The largest absolute Gasteiger partial charge is 0.283 e. The summed E-state index contributed by atoms with van der Waals surface area (Å²) in [6, 6.07) is 22.6. The molecule has 37 heavy (non-hydrogen) atoms. The van der Waals surface area contributed by atoms with Crippen LogP contribution in [0, 0.1) is 18.8 Å². The topological polar surface area (TPSA) is 75.5 Å². The van der Waals surface area contributed by atoms with Gasteiger partial charge in [0.1, 0.15) is 11.4 Å². The molecule has 5 heterocycles. The number of para-hydroxylation sites is 3. The van der Waals surface area contributed by atoms with E-state index in [9.17, 15) is 14.4 Å². The van der Waals surface area contributed by atoms with Crippen LogP contribution in [-0.4, -0.2) is 38.9 Å². The number of amides is 2. The monoisotopic (exact) mass is 488 g/mol. The molecule has 7 heteroatoms. The first-order valence-electron chi connectivity index (χ1n) is 12.9. The van der Waals surface area contributed by atoms with Crippen LogP contribution >= 0.6 is 0 Å². The molecule has 0 N–H and O–H groups in total. The highest BCUT2D eigenvalue weighted by Gasteiger charge is 2.73. The molecule has 3 aromatic carbocycles. The molecular weight excluding hydrogens is 464 g/mol. The van der Waals surface area contributed by atoms with Crippen LogP contribution in [0.4, 0.5) is 5.69 Å². The van der Waals surface area contributed by atoms with Gasteiger partial charge in [0.2, 0.25) is 11.8 Å². The molecule has 0 radical (unpaired) electrons. The minimum absolute atomic E-state index is 0.0848. The van der Waals surface area contributed by atoms with E-state index in [1.54, 1.807) is 10.6 Å². The quantitative estimate of drug-likeness (QED) is 0.383. The Morgan fingerprint density at radius 1 is 0.865 bits per heavy atom. The van der Waals surface area contributed by atoms with Gasteiger partial charge in [0.15, 0.2) is 0 Å². The molecule has 4 aromatic rings. The standard InChI is InChI=1S/C30H24N4O3/c1-17-9-2-6-13-21(17)33-27(36)24-23-15-8-16-32(23)30(25(24)28(33)37)19-11-4-7-14-22(19)34-26(35)18-10-3-5-12-20(18)31-29(30)34/h2-7,9-14,23-25H,8,15-16H2,1H3. The van der Waals surface area contributed by atoms with Crippen LogP contribution < -0.4 is 10.5 Å². The third-order valence-electron chi connectivity index (χ3n) is 9.00. The van der Waals surface area contributed by atoms with Gasteiger partial charge in [0, 0.05) is 11.6 Å². The molecule has 4 unspecified atom stereocenters. The number of carbonyl (C=O) groups is 2. The number of hydrogen-bond donors (Lipinski definition) is 0. The average molecular weight is 489 g/mol. The maximum absolute atomic E-state index is 14.5. The van der Waals surface area contributed by atoms with Gasteiger partial charge in [0.25, 0.3) is 5.56 Å². The SMILES string of the molecule is Cc1ccccc1N1C(=O)C2C3CCCN3C3(c4ccccc4-n4c3nc3ccccc3c4=O)C2C1=O. The second-order valence-electron chi connectivity index (χ2n) is 10.6. The van der Waals surface area contributed by atoms with Crippen LogP contribution in [-0.2, 0) is 15.1 Å². The minimum Gasteiger partial charge on any atom is -0.283 e. The summed E-state index contributed by atoms with van der Waals surface area (Å²) in [6.07, 6.45) is 1.77. The van der Waals surface area contributed by atoms with Crippen molar-refractivity contribution in [2.24, 2.45) is 11.8 Å². The third-order valence-corrected chi connectivity index (χ3v) is 9.00. The Hall–Kier alpha value is -4.10. The minimum atomic E-state index is -0.976. The molecule has 0 aliphatic carbocycles. The van der Waals surface area contributed by atoms with Crippen molar-refractivity contribution in [1.82, 2.24) is 14.5 Å². The summed E-state index contributed by atoms with van der Waals surface area (Å²) in [5.74, 6) is -0.934. The van der Waals surface area contributed by atoms with E-state index in [4.69, 9.17) is 4.98 Å². The van der Waals surface area contributed by atoms with Crippen molar-refractivity contribution in [3.05, 3.63) is 100 Å². The lowest BCUT2D eigenvalue weighted by Crippen LogP contribution is -2.51. The van der Waals surface area contributed by atoms with Gasteiger partial charge in [-0.3, -0.25) is 23.9 Å². The summed E-state index contributed by atoms with van der Waals surface area (Å²) in [5, 5.41) is 0.543. The predicted octanol–water partition coefficient (Wildman–Crippen LogP) is 3.53. The number of aryl methyl sites for hydroxylation is 1. The van der Waals surface area contributed by atoms with Gasteiger partial charge in [0.05, 0.1) is 34.1 Å². The third kappa shape index (κ3) is 2.32. The lowest BCUT2D eigenvalue weighted by molar-refractivity contribution is -0.124. The molecule has 7 nitrogen and oxygen atoms in total. The van der Waals surface area contributed by atoms with E-state index in [-0.39, 0.29) is 23.4 Å². The van der Waals surface area contributed by atoms with Gasteiger partial charge in [-0.25, -0.2) is 9.88 Å². The molecule has 3 saturated heterocycles. The number of hydrogen-bond acceptors (Lipinski definition) is 5. The van der Waals surface area contributed by atoms with E-state index in [0.717, 1.165) is 36.2 Å². The summed E-state index contributed by atoms with van der Waals surface area (Å²) >= 11 is 0. The van der Waals surface area contributed by atoms with E-state index < -0.39 is 17.4 Å². The number of rotatable bonds is 1. The van der Waals surface area contributed by atoms with Crippen LogP contribution in [0.1, 0.15) is 29.8 Å². The van der Waals surface area contributed by atoms with Crippen LogP contribution in [0.2, 0.25) is 0 Å². The van der Waals surface area contributed by atoms with Crippen LogP contribution in [0.15, 0.2) is 77.6 Å². The zero-order valence-corrected chi connectivity index (χ0v) is 20.3. The first-order valence-corrected chi connectivity index (χ1v) is 12.9. The summed E-state index contributed by atoms with van der Waals surface area (Å²) in [4.78, 5) is 51.4. The van der Waals surface area contributed by atoms with Crippen LogP contribution in [0.3, 0.4) is 0 Å². The van der Waals surface area contributed by atoms with E-state index in [1.165, 1.54) is 4.90 Å². The van der Waals surface area contributed by atoms with Crippen molar-refractivity contribution in [1.29, 1.82) is 0 Å². The molecule has 1 spiro atoms. The number of anilines is 1. The Labute approximate surface area is 213 Å². The van der Waals surface area contributed by atoms with E-state index in [1.807, 2.05) is 73.7 Å². The van der Waals surface area contributed by atoms with Crippen molar-refractivity contribution < 1.29 is 9.59 Å². The Morgan fingerprint density at radius 3 is 2.43 bits per heavy atom. The fourth-order valence-electron chi connectivity index (χ4n) is 7.67. The first kappa shape index (κ1) is 21.0. The molecule has 182 valence electrons. The molecular formula is C30H24N4O3. The number of benzene rings is 3. The summed E-state index contributed by atoms with van der Waals surface area (Å²) in [6.45, 7) is 2.68. The molecule has 4 atom stereocenters. The average Bonchev–Trinajstić information content (AvgIpc) is 3.62. The fourth-order valence-corrected chi connectivity index (χ4v) is 7.67. The molecule has 2 amide bonds. The first-order chi connectivity index (χ1) is 18.0. The van der Waals surface area contributed by atoms with E-state index in [2.05, 4.69) is 4.90 Å². The number of nitrogens with zero attached hydrogens (tertiary/aromatic N) is 4. The number of aromatic nitrogens is 2. The Balaban J connectivity index is 1.46. The smallest absolute Gasteiger partial charge is 0.266 e. The summed E-state index contributed by atoms with van der Waals surface area (Å²) in [7, 11) is 0. The van der Waals surface area contributed by atoms with Gasteiger partial charge in [-0.1, -0.05) is 48.5 Å². The lowest BCUT2D eigenvalue weighted by atomic mass is 9.75. The fraction of sp³-hybridized carbons (Fsp3) is 0.267. The van der Waals surface area contributed by atoms with Crippen molar-refractivity contribution in [2.45, 2.75) is 31.3 Å². The summed E-state index contributed by atoms with van der Waals surface area (Å²) in [5.41, 5.74) is 2.66. The number of imide groups is 1. The van der Waals surface area contributed by atoms with Crippen molar-refractivity contribution in [3.8, 4) is 5.69 Å². The molecule has 4 aliphatic rings. The highest BCUT2D eigenvalue weighted by Crippen LogP contribution is 2.62. The second kappa shape index (κ2) is 7.01. The van der Waals surface area contributed by atoms with Crippen molar-refractivity contribution in [2.75, 3.05) is 11.4 Å². The summed E-state index contributed by atoms with van der Waals surface area (Å²) < 4.78 is 1.70. The van der Waals surface area contributed by atoms with Crippen LogP contribution in [0.5, 0.6) is 0 Å². The van der Waals surface area contributed by atoms with Gasteiger partial charge in [-0.2, -0.15) is 0 Å². The van der Waals surface area contributed by atoms with Crippen molar-refractivity contribution >= 4 is 28.4 Å². The Morgan fingerprint density at radius 2 is 1.59 bits per heavy atom. The maximum atomic E-state index is 14.5. The van der Waals surface area contributed by atoms with Gasteiger partial charge >= 0.3 is 0 Å². The molecule has 1 aromatic heterocycles. The number of fused-ring (bicyclic) bond motifs is 11. The number of carbonyl (C=O) groups excluding carboxylic acids is 2.